The fourth-order valence-corrected chi connectivity index (χ4v) is 2.61. The standard InChI is InChI=1S/C12H14BrN3O2S/c1-2-3-4-5-10-15-16-12(19-10)14-11(17)8-6-7-9(13)18-8/h6-7H,2-5H2,1H3,(H,14,16,17). The molecule has 2 rings (SSSR count). The number of unbranched alkanes of at least 4 members (excludes halogenated alkanes) is 2. The number of furan rings is 1. The molecule has 1 amide bonds. The van der Waals surface area contributed by atoms with Gasteiger partial charge >= 0.3 is 0 Å². The highest BCUT2D eigenvalue weighted by atomic mass is 79.9. The lowest BCUT2D eigenvalue weighted by atomic mass is 10.2. The summed E-state index contributed by atoms with van der Waals surface area (Å²) in [6.07, 6.45) is 4.37. The normalized spacial score (nSPS) is 10.6. The Morgan fingerprint density at radius 1 is 1.42 bits per heavy atom. The van der Waals surface area contributed by atoms with Gasteiger partial charge in [0.25, 0.3) is 5.91 Å². The van der Waals surface area contributed by atoms with Crippen LogP contribution in [0.1, 0.15) is 41.7 Å². The van der Waals surface area contributed by atoms with E-state index in [9.17, 15) is 4.79 Å². The predicted octanol–water partition coefficient (Wildman–Crippen LogP) is 3.88. The third-order valence-corrected chi connectivity index (χ3v) is 3.80. The minimum absolute atomic E-state index is 0.245. The number of anilines is 1. The summed E-state index contributed by atoms with van der Waals surface area (Å²) in [6.45, 7) is 2.16. The highest BCUT2D eigenvalue weighted by molar-refractivity contribution is 9.10. The first kappa shape index (κ1) is 14.2. The van der Waals surface area contributed by atoms with Crippen molar-refractivity contribution in [3.8, 4) is 0 Å². The molecule has 0 saturated heterocycles. The molecule has 0 aliphatic carbocycles. The Kier molecular flexibility index (Phi) is 5.09. The van der Waals surface area contributed by atoms with Crippen molar-refractivity contribution in [2.75, 3.05) is 5.32 Å². The van der Waals surface area contributed by atoms with Gasteiger partial charge in [0.1, 0.15) is 5.01 Å². The molecule has 2 aromatic heterocycles. The van der Waals surface area contributed by atoms with E-state index in [0.29, 0.717) is 9.80 Å². The van der Waals surface area contributed by atoms with E-state index in [2.05, 4.69) is 38.4 Å². The molecule has 0 atom stereocenters. The lowest BCUT2D eigenvalue weighted by Gasteiger charge is -1.96. The minimum Gasteiger partial charge on any atom is -0.444 e. The monoisotopic (exact) mass is 343 g/mol. The van der Waals surface area contributed by atoms with Crippen LogP contribution in [0.4, 0.5) is 5.13 Å². The third-order valence-electron chi connectivity index (χ3n) is 2.48. The number of aryl methyl sites for hydroxylation is 1. The smallest absolute Gasteiger partial charge is 0.293 e. The summed E-state index contributed by atoms with van der Waals surface area (Å²) in [4.78, 5) is 11.8. The molecular formula is C12H14BrN3O2S. The van der Waals surface area contributed by atoms with Crippen molar-refractivity contribution in [3.05, 3.63) is 27.6 Å². The highest BCUT2D eigenvalue weighted by Gasteiger charge is 2.13. The molecule has 0 saturated carbocycles. The summed E-state index contributed by atoms with van der Waals surface area (Å²) in [5.74, 6) is -0.0726. The van der Waals surface area contributed by atoms with Gasteiger partial charge in [-0.15, -0.1) is 10.2 Å². The van der Waals surface area contributed by atoms with Crippen molar-refractivity contribution in [3.63, 3.8) is 0 Å². The number of nitrogens with zero attached hydrogens (tertiary/aromatic N) is 2. The summed E-state index contributed by atoms with van der Waals surface area (Å²) in [5.41, 5.74) is 0. The molecule has 0 spiro atoms. The molecule has 7 heteroatoms. The number of hydrogen-bond acceptors (Lipinski definition) is 5. The number of nitrogens with one attached hydrogen (secondary N) is 1. The van der Waals surface area contributed by atoms with E-state index in [1.165, 1.54) is 24.2 Å². The van der Waals surface area contributed by atoms with E-state index in [1.807, 2.05) is 0 Å². The van der Waals surface area contributed by atoms with Crippen LogP contribution >= 0.6 is 27.3 Å². The van der Waals surface area contributed by atoms with E-state index < -0.39 is 0 Å². The third kappa shape index (κ3) is 4.14. The summed E-state index contributed by atoms with van der Waals surface area (Å²) in [7, 11) is 0. The fraction of sp³-hybridized carbons (Fsp3) is 0.417. The van der Waals surface area contributed by atoms with Crippen LogP contribution < -0.4 is 5.32 Å². The van der Waals surface area contributed by atoms with Crippen molar-refractivity contribution >= 4 is 38.3 Å². The van der Waals surface area contributed by atoms with Crippen molar-refractivity contribution in [2.45, 2.75) is 32.6 Å². The second kappa shape index (κ2) is 6.81. The van der Waals surface area contributed by atoms with Gasteiger partial charge in [-0.25, -0.2) is 0 Å². The molecule has 0 unspecified atom stereocenters. The van der Waals surface area contributed by atoms with Gasteiger partial charge in [-0.05, 0) is 34.5 Å². The maximum Gasteiger partial charge on any atom is 0.293 e. The Hall–Kier alpha value is -1.21. The summed E-state index contributed by atoms with van der Waals surface area (Å²) in [6, 6.07) is 3.27. The van der Waals surface area contributed by atoms with E-state index in [0.717, 1.165) is 17.8 Å². The molecule has 0 bridgehead atoms. The van der Waals surface area contributed by atoms with Gasteiger partial charge in [-0.1, -0.05) is 31.1 Å². The first-order chi connectivity index (χ1) is 9.19. The largest absolute Gasteiger partial charge is 0.444 e. The van der Waals surface area contributed by atoms with Crippen molar-refractivity contribution in [2.24, 2.45) is 0 Å². The quantitative estimate of drug-likeness (QED) is 0.808. The maximum absolute atomic E-state index is 11.8. The number of amides is 1. The molecular weight excluding hydrogens is 330 g/mol. The number of rotatable bonds is 6. The Morgan fingerprint density at radius 2 is 2.26 bits per heavy atom. The molecule has 0 aliphatic heterocycles. The van der Waals surface area contributed by atoms with E-state index in [4.69, 9.17) is 4.42 Å². The van der Waals surface area contributed by atoms with Crippen molar-refractivity contribution in [1.82, 2.24) is 10.2 Å². The molecule has 1 N–H and O–H groups in total. The first-order valence-corrected chi connectivity index (χ1v) is 7.69. The molecule has 102 valence electrons. The molecule has 0 radical (unpaired) electrons. The van der Waals surface area contributed by atoms with Crippen LogP contribution in [0.15, 0.2) is 21.2 Å². The number of aromatic nitrogens is 2. The van der Waals surface area contributed by atoms with Gasteiger partial charge in [-0.3, -0.25) is 10.1 Å². The first-order valence-electron chi connectivity index (χ1n) is 6.08. The molecule has 0 aromatic carbocycles. The fourth-order valence-electron chi connectivity index (χ4n) is 1.53. The molecule has 2 aromatic rings. The van der Waals surface area contributed by atoms with Crippen LogP contribution in [-0.4, -0.2) is 16.1 Å². The Balaban J connectivity index is 1.90. The van der Waals surface area contributed by atoms with Crippen LogP contribution in [0.2, 0.25) is 0 Å². The molecule has 5 nitrogen and oxygen atoms in total. The number of carbonyl (C=O) groups excluding carboxylic acids is 1. The van der Waals surface area contributed by atoms with Gasteiger partial charge in [-0.2, -0.15) is 0 Å². The average Bonchev–Trinajstić information content (AvgIpc) is 2.99. The Bertz CT molecular complexity index is 553. The molecule has 19 heavy (non-hydrogen) atoms. The van der Waals surface area contributed by atoms with E-state index >= 15 is 0 Å². The predicted molar refractivity (Wildman–Crippen MR) is 77.5 cm³/mol. The second-order valence-electron chi connectivity index (χ2n) is 4.02. The van der Waals surface area contributed by atoms with Gasteiger partial charge in [0, 0.05) is 6.42 Å². The zero-order valence-corrected chi connectivity index (χ0v) is 12.9. The molecule has 0 fully saturated rings. The zero-order valence-electron chi connectivity index (χ0n) is 10.5. The lowest BCUT2D eigenvalue weighted by Crippen LogP contribution is -2.10. The van der Waals surface area contributed by atoms with Crippen molar-refractivity contribution < 1.29 is 9.21 Å². The van der Waals surface area contributed by atoms with Crippen LogP contribution in [0.3, 0.4) is 0 Å². The van der Waals surface area contributed by atoms with E-state index in [-0.39, 0.29) is 11.7 Å². The van der Waals surface area contributed by atoms with Crippen LogP contribution in [0, 0.1) is 0 Å². The van der Waals surface area contributed by atoms with E-state index in [1.54, 1.807) is 12.1 Å². The number of carbonyl (C=O) groups is 1. The molecule has 2 heterocycles. The Labute approximate surface area is 123 Å². The topological polar surface area (TPSA) is 68.0 Å². The second-order valence-corrected chi connectivity index (χ2v) is 5.86. The van der Waals surface area contributed by atoms with Gasteiger partial charge in [0.05, 0.1) is 0 Å². The highest BCUT2D eigenvalue weighted by Crippen LogP contribution is 2.20. The zero-order chi connectivity index (χ0) is 13.7. The van der Waals surface area contributed by atoms with Crippen molar-refractivity contribution in [1.29, 1.82) is 0 Å². The van der Waals surface area contributed by atoms with Gasteiger partial charge < -0.3 is 4.42 Å². The van der Waals surface area contributed by atoms with Crippen LogP contribution in [0.25, 0.3) is 0 Å². The summed E-state index contributed by atoms with van der Waals surface area (Å²) in [5, 5.41) is 12.1. The van der Waals surface area contributed by atoms with Crippen LogP contribution in [-0.2, 0) is 6.42 Å². The number of halogens is 1. The van der Waals surface area contributed by atoms with Gasteiger partial charge in [0.15, 0.2) is 10.4 Å². The lowest BCUT2D eigenvalue weighted by molar-refractivity contribution is 0.0995. The number of hydrogen-bond donors (Lipinski definition) is 1. The molecule has 0 aliphatic rings. The summed E-state index contributed by atoms with van der Waals surface area (Å²) < 4.78 is 5.69. The maximum atomic E-state index is 11.8. The average molecular weight is 344 g/mol. The minimum atomic E-state index is -0.318. The Morgan fingerprint density at radius 3 is 2.95 bits per heavy atom. The van der Waals surface area contributed by atoms with Crippen LogP contribution in [0.5, 0.6) is 0 Å². The summed E-state index contributed by atoms with van der Waals surface area (Å²) >= 11 is 4.56. The van der Waals surface area contributed by atoms with Gasteiger partial charge in [0.2, 0.25) is 5.13 Å². The SMILES string of the molecule is CCCCCc1nnc(NC(=O)c2ccc(Br)o2)s1.